The lowest BCUT2D eigenvalue weighted by atomic mass is 10.1. The summed E-state index contributed by atoms with van der Waals surface area (Å²) in [4.78, 5) is 11.2. The number of halogens is 3. The summed E-state index contributed by atoms with van der Waals surface area (Å²) in [6.07, 6.45) is 0. The molecular weight excluding hydrogens is 321 g/mol. The molecule has 0 amide bonds. The van der Waals surface area contributed by atoms with Gasteiger partial charge in [0.15, 0.2) is 17.3 Å². The molecule has 14 heavy (non-hydrogen) atoms. The average Bonchev–Trinajstić information content (AvgIpc) is 2.21. The highest BCUT2D eigenvalue weighted by Crippen LogP contribution is 2.25. The zero-order chi connectivity index (χ0) is 10.7. The van der Waals surface area contributed by atoms with Crippen molar-refractivity contribution in [2.45, 2.75) is 0 Å². The number of carbonyl (C=O) groups is 1. The van der Waals surface area contributed by atoms with Crippen LogP contribution >= 0.6 is 34.2 Å². The van der Waals surface area contributed by atoms with E-state index in [0.717, 1.165) is 0 Å². The molecule has 1 aromatic carbocycles. The number of Topliss-reactive ketones (excluding diaryl/α,β-unsaturated/α-hetero) is 1. The van der Waals surface area contributed by atoms with Crippen LogP contribution in [0, 0.1) is 9.39 Å². The molecular formula is C9H7ClFIO2. The maximum Gasteiger partial charge on any atom is 0.179 e. The number of rotatable bonds is 3. The Hall–Kier alpha value is -0.360. The molecule has 1 aromatic rings. The molecule has 0 radical (unpaired) electrons. The summed E-state index contributed by atoms with van der Waals surface area (Å²) in [5.41, 5.74) is 0.291. The van der Waals surface area contributed by atoms with E-state index in [2.05, 4.69) is 0 Å². The van der Waals surface area contributed by atoms with Gasteiger partial charge in [0, 0.05) is 5.56 Å². The Labute approximate surface area is 99.5 Å². The summed E-state index contributed by atoms with van der Waals surface area (Å²) in [7, 11) is 1.37. The molecule has 0 saturated carbocycles. The molecule has 1 rings (SSSR count). The van der Waals surface area contributed by atoms with Crippen molar-refractivity contribution in [3.63, 3.8) is 0 Å². The number of hydrogen-bond acceptors (Lipinski definition) is 2. The van der Waals surface area contributed by atoms with Gasteiger partial charge >= 0.3 is 0 Å². The Morgan fingerprint density at radius 3 is 2.79 bits per heavy atom. The molecule has 2 nitrogen and oxygen atoms in total. The highest BCUT2D eigenvalue weighted by atomic mass is 127. The second-order valence-corrected chi connectivity index (χ2v) is 3.85. The summed E-state index contributed by atoms with van der Waals surface area (Å²) >= 11 is 7.14. The molecule has 0 saturated heterocycles. The van der Waals surface area contributed by atoms with Crippen LogP contribution in [0.3, 0.4) is 0 Å². The van der Waals surface area contributed by atoms with Crippen molar-refractivity contribution in [1.82, 2.24) is 0 Å². The van der Waals surface area contributed by atoms with E-state index in [1.54, 1.807) is 22.6 Å². The highest BCUT2D eigenvalue weighted by Gasteiger charge is 2.15. The maximum absolute atomic E-state index is 13.4. The minimum atomic E-state index is -0.524. The summed E-state index contributed by atoms with van der Waals surface area (Å²) < 4.78 is 18.4. The molecule has 0 aliphatic heterocycles. The van der Waals surface area contributed by atoms with Crippen LogP contribution < -0.4 is 4.74 Å². The molecule has 0 N–H and O–H groups in total. The molecule has 0 fully saturated rings. The van der Waals surface area contributed by atoms with E-state index in [9.17, 15) is 9.18 Å². The fourth-order valence-corrected chi connectivity index (χ4v) is 1.87. The Balaban J connectivity index is 3.24. The van der Waals surface area contributed by atoms with Crippen LogP contribution in [0.15, 0.2) is 12.1 Å². The smallest absolute Gasteiger partial charge is 0.179 e. The van der Waals surface area contributed by atoms with Gasteiger partial charge in [-0.25, -0.2) is 4.39 Å². The van der Waals surface area contributed by atoms with Crippen LogP contribution in [0.4, 0.5) is 4.39 Å². The van der Waals surface area contributed by atoms with Crippen molar-refractivity contribution < 1.29 is 13.9 Å². The minimum absolute atomic E-state index is 0.125. The summed E-state index contributed by atoms with van der Waals surface area (Å²) in [6, 6.07) is 2.92. The Bertz CT molecular complexity index is 368. The van der Waals surface area contributed by atoms with Gasteiger partial charge in [0.2, 0.25) is 0 Å². The molecule has 76 valence electrons. The van der Waals surface area contributed by atoms with Crippen molar-refractivity contribution in [2.24, 2.45) is 0 Å². The second kappa shape index (κ2) is 4.93. The van der Waals surface area contributed by atoms with Crippen LogP contribution in [0.2, 0.25) is 0 Å². The number of alkyl halides is 1. The monoisotopic (exact) mass is 328 g/mol. The van der Waals surface area contributed by atoms with Crippen LogP contribution in [0.1, 0.15) is 10.4 Å². The first-order valence-electron chi connectivity index (χ1n) is 3.73. The van der Waals surface area contributed by atoms with E-state index >= 15 is 0 Å². The van der Waals surface area contributed by atoms with Gasteiger partial charge in [-0.15, -0.1) is 11.6 Å². The third-order valence-electron chi connectivity index (χ3n) is 1.69. The topological polar surface area (TPSA) is 26.3 Å². The van der Waals surface area contributed by atoms with E-state index < -0.39 is 5.82 Å². The standard InChI is InChI=1S/C9H7ClFIO2/c1-14-7-3-2-5(6(13)4-10)9(12)8(7)11/h2-3H,4H2,1H3. The summed E-state index contributed by atoms with van der Waals surface area (Å²) in [6.45, 7) is 0. The van der Waals surface area contributed by atoms with Gasteiger partial charge in [0.1, 0.15) is 0 Å². The Kier molecular flexibility index (Phi) is 4.12. The second-order valence-electron chi connectivity index (χ2n) is 2.50. The third kappa shape index (κ3) is 2.17. The third-order valence-corrected chi connectivity index (χ3v) is 2.99. The van der Waals surface area contributed by atoms with Crippen LogP contribution in [0.25, 0.3) is 0 Å². The lowest BCUT2D eigenvalue weighted by Crippen LogP contribution is -2.05. The number of hydrogen-bond donors (Lipinski definition) is 0. The molecule has 0 atom stereocenters. The van der Waals surface area contributed by atoms with Gasteiger partial charge in [-0.2, -0.15) is 0 Å². The van der Waals surface area contributed by atoms with Gasteiger partial charge in [0.25, 0.3) is 0 Å². The van der Waals surface area contributed by atoms with E-state index in [0.29, 0.717) is 5.56 Å². The molecule has 0 bridgehead atoms. The predicted molar refractivity (Wildman–Crippen MR) is 60.7 cm³/mol. The van der Waals surface area contributed by atoms with E-state index in [1.807, 2.05) is 0 Å². The van der Waals surface area contributed by atoms with E-state index in [4.69, 9.17) is 16.3 Å². The highest BCUT2D eigenvalue weighted by molar-refractivity contribution is 14.1. The molecule has 5 heteroatoms. The van der Waals surface area contributed by atoms with Crippen LogP contribution in [-0.4, -0.2) is 18.8 Å². The van der Waals surface area contributed by atoms with Crippen LogP contribution in [0.5, 0.6) is 5.75 Å². The number of ketones is 1. The molecule has 0 spiro atoms. The average molecular weight is 329 g/mol. The molecule has 0 unspecified atom stereocenters. The first-order chi connectivity index (χ1) is 6.61. The van der Waals surface area contributed by atoms with Crippen molar-refractivity contribution in [3.8, 4) is 5.75 Å². The molecule has 0 aromatic heterocycles. The van der Waals surface area contributed by atoms with Gasteiger partial charge in [-0.1, -0.05) is 0 Å². The fraction of sp³-hybridized carbons (Fsp3) is 0.222. The van der Waals surface area contributed by atoms with Gasteiger partial charge in [0.05, 0.1) is 16.6 Å². The van der Waals surface area contributed by atoms with Crippen molar-refractivity contribution in [2.75, 3.05) is 13.0 Å². The van der Waals surface area contributed by atoms with Crippen molar-refractivity contribution >= 4 is 40.0 Å². The number of carbonyl (C=O) groups excluding carboxylic acids is 1. The maximum atomic E-state index is 13.4. The first kappa shape index (κ1) is 11.7. The summed E-state index contributed by atoms with van der Waals surface area (Å²) in [5, 5.41) is 0. The Morgan fingerprint density at radius 2 is 2.29 bits per heavy atom. The van der Waals surface area contributed by atoms with Crippen molar-refractivity contribution in [3.05, 3.63) is 27.1 Å². The normalized spacial score (nSPS) is 10.0. The lowest BCUT2D eigenvalue weighted by Gasteiger charge is -2.06. The zero-order valence-electron chi connectivity index (χ0n) is 7.31. The SMILES string of the molecule is COc1ccc(C(=O)CCl)c(I)c1F. The number of ether oxygens (including phenoxy) is 1. The van der Waals surface area contributed by atoms with Crippen molar-refractivity contribution in [1.29, 1.82) is 0 Å². The predicted octanol–water partition coefficient (Wildman–Crippen LogP) is 2.86. The fourth-order valence-electron chi connectivity index (χ4n) is 0.977. The quantitative estimate of drug-likeness (QED) is 0.484. The van der Waals surface area contributed by atoms with E-state index in [1.165, 1.54) is 19.2 Å². The number of benzene rings is 1. The largest absolute Gasteiger partial charge is 0.494 e. The molecule has 0 aliphatic carbocycles. The Morgan fingerprint density at radius 1 is 1.64 bits per heavy atom. The minimum Gasteiger partial charge on any atom is -0.494 e. The summed E-state index contributed by atoms with van der Waals surface area (Å²) in [5.74, 6) is -0.843. The lowest BCUT2D eigenvalue weighted by molar-refractivity contribution is 0.101. The first-order valence-corrected chi connectivity index (χ1v) is 5.34. The van der Waals surface area contributed by atoms with Gasteiger partial charge in [-0.05, 0) is 34.7 Å². The van der Waals surface area contributed by atoms with Gasteiger partial charge in [-0.3, -0.25) is 4.79 Å². The number of methoxy groups -OCH3 is 1. The van der Waals surface area contributed by atoms with Crippen LogP contribution in [-0.2, 0) is 0 Å². The molecule has 0 aliphatic rings. The van der Waals surface area contributed by atoms with E-state index in [-0.39, 0.29) is 21.0 Å². The molecule has 0 heterocycles. The van der Waals surface area contributed by atoms with Gasteiger partial charge < -0.3 is 4.74 Å². The zero-order valence-corrected chi connectivity index (χ0v) is 10.2.